The van der Waals surface area contributed by atoms with Crippen molar-refractivity contribution in [3.8, 4) is 0 Å². The van der Waals surface area contributed by atoms with Crippen molar-refractivity contribution in [2.45, 2.75) is 6.92 Å². The lowest BCUT2D eigenvalue weighted by Gasteiger charge is -2.01. The van der Waals surface area contributed by atoms with E-state index in [2.05, 4.69) is 4.98 Å². The van der Waals surface area contributed by atoms with Gasteiger partial charge in [-0.05, 0) is 43.3 Å². The predicted molar refractivity (Wildman–Crippen MR) is 71.7 cm³/mol. The topological polar surface area (TPSA) is 42.1 Å². The maximum atomic E-state index is 13.3. The van der Waals surface area contributed by atoms with E-state index in [1.54, 1.807) is 31.2 Å². The van der Waals surface area contributed by atoms with Crippen molar-refractivity contribution in [1.29, 1.82) is 0 Å². The van der Waals surface area contributed by atoms with Gasteiger partial charge in [-0.25, -0.2) is 9.18 Å². The number of carbonyl (C=O) groups is 1. The molecule has 0 saturated carbocycles. The molecule has 0 aliphatic carbocycles. The van der Waals surface area contributed by atoms with Gasteiger partial charge in [0.1, 0.15) is 5.82 Å². The molecular weight excluding hydrogens is 245 g/mol. The van der Waals surface area contributed by atoms with Crippen molar-refractivity contribution in [3.63, 3.8) is 0 Å². The molecule has 0 aliphatic heterocycles. The van der Waals surface area contributed by atoms with E-state index in [-0.39, 0.29) is 11.8 Å². The molecular formula is C15H12FNO2. The molecule has 3 nitrogen and oxygen atoms in total. The van der Waals surface area contributed by atoms with Crippen LogP contribution in [-0.2, 0) is 4.74 Å². The van der Waals surface area contributed by atoms with E-state index in [0.717, 1.165) is 21.8 Å². The van der Waals surface area contributed by atoms with Gasteiger partial charge in [0.05, 0.1) is 12.2 Å². The molecule has 0 atom stereocenters. The highest BCUT2D eigenvalue weighted by molar-refractivity contribution is 6.09. The Bertz CT molecular complexity index is 776. The second kappa shape index (κ2) is 4.39. The van der Waals surface area contributed by atoms with Crippen LogP contribution in [0, 0.1) is 5.82 Å². The smallest absolute Gasteiger partial charge is 0.338 e. The number of esters is 1. The van der Waals surface area contributed by atoms with E-state index >= 15 is 0 Å². The van der Waals surface area contributed by atoms with Crippen LogP contribution >= 0.6 is 0 Å². The molecule has 0 radical (unpaired) electrons. The molecule has 19 heavy (non-hydrogen) atoms. The largest absolute Gasteiger partial charge is 0.462 e. The molecule has 0 fully saturated rings. The molecule has 0 saturated heterocycles. The molecule has 0 bridgehead atoms. The minimum atomic E-state index is -0.366. The number of hydrogen-bond donors (Lipinski definition) is 1. The summed E-state index contributed by atoms with van der Waals surface area (Å²) in [6.45, 7) is 2.09. The number of aromatic amines is 1. The molecule has 0 aliphatic rings. The van der Waals surface area contributed by atoms with Crippen molar-refractivity contribution in [3.05, 3.63) is 47.8 Å². The quantitative estimate of drug-likeness (QED) is 0.712. The second-order valence-corrected chi connectivity index (χ2v) is 4.30. The molecule has 96 valence electrons. The molecule has 0 amide bonds. The summed E-state index contributed by atoms with van der Waals surface area (Å²) >= 11 is 0. The first-order valence-electron chi connectivity index (χ1n) is 6.07. The Morgan fingerprint density at radius 3 is 2.58 bits per heavy atom. The summed E-state index contributed by atoms with van der Waals surface area (Å²) in [6, 6.07) is 9.79. The second-order valence-electron chi connectivity index (χ2n) is 4.30. The van der Waals surface area contributed by atoms with Crippen LogP contribution < -0.4 is 0 Å². The van der Waals surface area contributed by atoms with Crippen molar-refractivity contribution >= 4 is 27.8 Å². The minimum absolute atomic E-state index is 0.296. The molecule has 2 aromatic carbocycles. The lowest BCUT2D eigenvalue weighted by Crippen LogP contribution is -2.03. The van der Waals surface area contributed by atoms with E-state index in [0.29, 0.717) is 12.2 Å². The molecule has 3 aromatic rings. The monoisotopic (exact) mass is 257 g/mol. The van der Waals surface area contributed by atoms with Gasteiger partial charge in [-0.3, -0.25) is 0 Å². The van der Waals surface area contributed by atoms with Crippen LogP contribution in [0.25, 0.3) is 21.8 Å². The van der Waals surface area contributed by atoms with Crippen LogP contribution in [0.4, 0.5) is 4.39 Å². The van der Waals surface area contributed by atoms with Gasteiger partial charge in [0.2, 0.25) is 0 Å². The first-order chi connectivity index (χ1) is 9.19. The zero-order valence-corrected chi connectivity index (χ0v) is 10.4. The van der Waals surface area contributed by atoms with E-state index in [1.807, 2.05) is 0 Å². The van der Waals surface area contributed by atoms with Crippen molar-refractivity contribution < 1.29 is 13.9 Å². The molecule has 1 aromatic heterocycles. The zero-order valence-electron chi connectivity index (χ0n) is 10.4. The van der Waals surface area contributed by atoms with Gasteiger partial charge in [-0.15, -0.1) is 0 Å². The summed E-state index contributed by atoms with van der Waals surface area (Å²) < 4.78 is 18.3. The van der Waals surface area contributed by atoms with Crippen LogP contribution in [-0.4, -0.2) is 17.6 Å². The van der Waals surface area contributed by atoms with E-state index < -0.39 is 0 Å². The van der Waals surface area contributed by atoms with Gasteiger partial charge >= 0.3 is 5.97 Å². The highest BCUT2D eigenvalue weighted by Crippen LogP contribution is 2.27. The van der Waals surface area contributed by atoms with Crippen LogP contribution in [0.3, 0.4) is 0 Å². The molecule has 1 N–H and O–H groups in total. The van der Waals surface area contributed by atoms with Crippen molar-refractivity contribution in [2.24, 2.45) is 0 Å². The first-order valence-corrected chi connectivity index (χ1v) is 6.07. The Balaban J connectivity index is 2.23. The average molecular weight is 257 g/mol. The summed E-state index contributed by atoms with van der Waals surface area (Å²) in [6.07, 6.45) is 0. The number of H-pyrrole nitrogens is 1. The number of nitrogens with one attached hydrogen (secondary N) is 1. The summed E-state index contributed by atoms with van der Waals surface area (Å²) in [5.41, 5.74) is 2.19. The lowest BCUT2D eigenvalue weighted by atomic mass is 10.1. The number of carbonyl (C=O) groups excluding carboxylic acids is 1. The fraction of sp³-hybridized carbons (Fsp3) is 0.133. The number of halogens is 1. The van der Waals surface area contributed by atoms with Crippen LogP contribution in [0.1, 0.15) is 17.3 Å². The Labute approximate surface area is 109 Å². The van der Waals surface area contributed by atoms with Gasteiger partial charge in [-0.2, -0.15) is 0 Å². The van der Waals surface area contributed by atoms with Gasteiger partial charge in [0.15, 0.2) is 0 Å². The van der Waals surface area contributed by atoms with Gasteiger partial charge in [-0.1, -0.05) is 0 Å². The third-order valence-electron chi connectivity index (χ3n) is 3.07. The first kappa shape index (κ1) is 11.7. The highest BCUT2D eigenvalue weighted by Gasteiger charge is 2.10. The summed E-state index contributed by atoms with van der Waals surface area (Å²) in [4.78, 5) is 14.9. The lowest BCUT2D eigenvalue weighted by molar-refractivity contribution is 0.0526. The number of rotatable bonds is 2. The SMILES string of the molecule is CCOC(=O)c1ccc2[nH]c3ccc(F)cc3c2c1. The maximum Gasteiger partial charge on any atom is 0.338 e. The van der Waals surface area contributed by atoms with Crippen LogP contribution in [0.2, 0.25) is 0 Å². The molecule has 0 spiro atoms. The number of hydrogen-bond acceptors (Lipinski definition) is 2. The standard InChI is InChI=1S/C15H12FNO2/c1-2-19-15(18)9-3-5-13-11(7-9)12-8-10(16)4-6-14(12)17-13/h3-8,17H,2H2,1H3. The molecule has 0 unspecified atom stereocenters. The minimum Gasteiger partial charge on any atom is -0.462 e. The number of fused-ring (bicyclic) bond motifs is 3. The van der Waals surface area contributed by atoms with Gasteiger partial charge in [0.25, 0.3) is 0 Å². The van der Waals surface area contributed by atoms with E-state index in [9.17, 15) is 9.18 Å². The third kappa shape index (κ3) is 1.95. The number of benzene rings is 2. The Morgan fingerprint density at radius 1 is 1.16 bits per heavy atom. The fourth-order valence-electron chi connectivity index (χ4n) is 2.21. The summed E-state index contributed by atoms with van der Waals surface area (Å²) in [5.74, 6) is -0.662. The van der Waals surface area contributed by atoms with Gasteiger partial charge in [0, 0.05) is 21.8 Å². The summed E-state index contributed by atoms with van der Waals surface area (Å²) in [5, 5.41) is 1.58. The normalized spacial score (nSPS) is 11.1. The van der Waals surface area contributed by atoms with E-state index in [1.165, 1.54) is 12.1 Å². The Hall–Kier alpha value is -2.36. The predicted octanol–water partition coefficient (Wildman–Crippen LogP) is 3.64. The Kier molecular flexibility index (Phi) is 2.71. The molecule has 4 heteroatoms. The number of ether oxygens (including phenoxy) is 1. The van der Waals surface area contributed by atoms with Crippen LogP contribution in [0.15, 0.2) is 36.4 Å². The van der Waals surface area contributed by atoms with Gasteiger partial charge < -0.3 is 9.72 Å². The van der Waals surface area contributed by atoms with Crippen LogP contribution in [0.5, 0.6) is 0 Å². The Morgan fingerprint density at radius 2 is 1.84 bits per heavy atom. The van der Waals surface area contributed by atoms with Crippen molar-refractivity contribution in [2.75, 3.05) is 6.61 Å². The number of aromatic nitrogens is 1. The third-order valence-corrected chi connectivity index (χ3v) is 3.07. The highest BCUT2D eigenvalue weighted by atomic mass is 19.1. The molecule has 3 rings (SSSR count). The van der Waals surface area contributed by atoms with E-state index in [4.69, 9.17) is 4.74 Å². The maximum absolute atomic E-state index is 13.3. The fourth-order valence-corrected chi connectivity index (χ4v) is 2.21. The zero-order chi connectivity index (χ0) is 13.4. The average Bonchev–Trinajstić information content (AvgIpc) is 2.76. The van der Waals surface area contributed by atoms with Crippen molar-refractivity contribution in [1.82, 2.24) is 4.98 Å². The molecule has 1 heterocycles. The summed E-state index contributed by atoms with van der Waals surface area (Å²) in [7, 11) is 0.